The lowest BCUT2D eigenvalue weighted by Crippen LogP contribution is -2.54. The monoisotopic (exact) mass is 335 g/mol. The number of piperidine rings is 1. The van der Waals surface area contributed by atoms with Crippen LogP contribution in [0.4, 0.5) is 5.69 Å². The van der Waals surface area contributed by atoms with E-state index in [1.54, 1.807) is 6.33 Å². The molecular weight excluding hydrogens is 314 g/mol. The molecule has 1 fully saturated rings. The number of nitrogens with zero attached hydrogens (tertiary/aromatic N) is 3. The van der Waals surface area contributed by atoms with Gasteiger partial charge in [-0.2, -0.15) is 0 Å². The highest BCUT2D eigenvalue weighted by molar-refractivity contribution is 5.98. The van der Waals surface area contributed by atoms with Crippen LogP contribution in [0.3, 0.4) is 0 Å². The molecule has 1 aliphatic rings. The molecule has 0 saturated carbocycles. The molecule has 1 saturated heterocycles. The van der Waals surface area contributed by atoms with Gasteiger partial charge >= 0.3 is 0 Å². The van der Waals surface area contributed by atoms with Gasteiger partial charge in [0.2, 0.25) is 5.91 Å². The van der Waals surface area contributed by atoms with E-state index in [0.29, 0.717) is 0 Å². The maximum atomic E-state index is 12.5. The number of rotatable bonds is 3. The van der Waals surface area contributed by atoms with Crippen molar-refractivity contribution in [1.82, 2.24) is 20.1 Å². The van der Waals surface area contributed by atoms with Crippen LogP contribution in [-0.4, -0.2) is 32.8 Å². The predicted molar refractivity (Wildman–Crippen MR) is 92.6 cm³/mol. The summed E-state index contributed by atoms with van der Waals surface area (Å²) in [5, 5.41) is 14.3. The van der Waals surface area contributed by atoms with Crippen LogP contribution in [0.5, 0.6) is 0 Å². The van der Waals surface area contributed by atoms with E-state index in [1.165, 1.54) is 0 Å². The number of carbonyl (C=O) groups excluding carboxylic acids is 1. The van der Waals surface area contributed by atoms with Gasteiger partial charge in [0.15, 0.2) is 5.82 Å². The third kappa shape index (κ3) is 3.71. The van der Waals surface area contributed by atoms with Crippen molar-refractivity contribution in [3.05, 3.63) is 30.6 Å². The van der Waals surface area contributed by atoms with Crippen molar-refractivity contribution in [3.8, 4) is 11.4 Å². The molecule has 1 aliphatic heterocycles. The van der Waals surface area contributed by atoms with Crippen molar-refractivity contribution in [1.29, 1.82) is 0 Å². The number of anilines is 1. The molecule has 0 spiro atoms. The molecule has 7 heteroatoms. The van der Waals surface area contributed by atoms with Gasteiger partial charge in [-0.05, 0) is 44.9 Å². The smallest absolute Gasteiger partial charge is 0.244 e. The van der Waals surface area contributed by atoms with Crippen LogP contribution in [-0.2, 0) is 11.8 Å². The van der Waals surface area contributed by atoms with Gasteiger partial charge in [0, 0.05) is 18.3 Å². The number of nitrogens with one attached hydrogen (secondary N) is 2. The zero-order valence-electron chi connectivity index (χ0n) is 13.4. The first-order valence-electron chi connectivity index (χ1n) is 7.59. The second-order valence-electron chi connectivity index (χ2n) is 6.02. The molecule has 6 nitrogen and oxygen atoms in total. The van der Waals surface area contributed by atoms with Crippen LogP contribution in [0.2, 0.25) is 0 Å². The Bertz CT molecular complexity index is 679. The highest BCUT2D eigenvalue weighted by Crippen LogP contribution is 2.23. The standard InChI is InChI=1S/C16H21N5O.ClH/c1-16(8-3-4-9-17-16)15(22)19-13-7-5-6-12(10-13)14-20-18-11-21(14)2;/h5-7,10-11,17H,3-4,8-9H2,1-2H3,(H,19,22);1H. The van der Waals surface area contributed by atoms with E-state index in [4.69, 9.17) is 0 Å². The summed E-state index contributed by atoms with van der Waals surface area (Å²) in [7, 11) is 1.90. The van der Waals surface area contributed by atoms with Crippen molar-refractivity contribution in [2.45, 2.75) is 31.7 Å². The van der Waals surface area contributed by atoms with Crippen LogP contribution >= 0.6 is 12.4 Å². The number of halogens is 1. The van der Waals surface area contributed by atoms with Crippen LogP contribution < -0.4 is 10.6 Å². The van der Waals surface area contributed by atoms with Gasteiger partial charge in [-0.15, -0.1) is 22.6 Å². The maximum Gasteiger partial charge on any atom is 0.244 e. The zero-order chi connectivity index (χ0) is 15.6. The van der Waals surface area contributed by atoms with E-state index >= 15 is 0 Å². The van der Waals surface area contributed by atoms with Gasteiger partial charge in [0.1, 0.15) is 6.33 Å². The van der Waals surface area contributed by atoms with Crippen molar-refractivity contribution in [2.24, 2.45) is 7.05 Å². The summed E-state index contributed by atoms with van der Waals surface area (Å²) in [5.74, 6) is 0.792. The number of aryl methyl sites for hydroxylation is 1. The minimum Gasteiger partial charge on any atom is -0.324 e. The second kappa shape index (κ2) is 7.10. The van der Waals surface area contributed by atoms with Gasteiger partial charge in [-0.3, -0.25) is 4.79 Å². The van der Waals surface area contributed by atoms with Gasteiger partial charge < -0.3 is 15.2 Å². The van der Waals surface area contributed by atoms with E-state index in [9.17, 15) is 4.79 Å². The van der Waals surface area contributed by atoms with Crippen molar-refractivity contribution in [2.75, 3.05) is 11.9 Å². The molecule has 0 aliphatic carbocycles. The lowest BCUT2D eigenvalue weighted by molar-refractivity contribution is -0.122. The topological polar surface area (TPSA) is 71.8 Å². The lowest BCUT2D eigenvalue weighted by atomic mass is 9.90. The van der Waals surface area contributed by atoms with E-state index in [-0.39, 0.29) is 18.3 Å². The first-order chi connectivity index (χ1) is 10.6. The average Bonchev–Trinajstić information content (AvgIpc) is 2.94. The number of benzene rings is 1. The summed E-state index contributed by atoms with van der Waals surface area (Å²) in [4.78, 5) is 12.5. The summed E-state index contributed by atoms with van der Waals surface area (Å²) in [6, 6.07) is 7.69. The van der Waals surface area contributed by atoms with E-state index < -0.39 is 5.54 Å². The summed E-state index contributed by atoms with van der Waals surface area (Å²) < 4.78 is 1.85. The number of hydrogen-bond acceptors (Lipinski definition) is 4. The van der Waals surface area contributed by atoms with E-state index in [2.05, 4.69) is 20.8 Å². The molecule has 2 N–H and O–H groups in total. The van der Waals surface area contributed by atoms with Crippen LogP contribution in [0.15, 0.2) is 30.6 Å². The summed E-state index contributed by atoms with van der Waals surface area (Å²) in [6.45, 7) is 2.86. The first kappa shape index (κ1) is 17.4. The molecule has 1 aromatic heterocycles. The quantitative estimate of drug-likeness (QED) is 0.903. The normalized spacial score (nSPS) is 20.6. The predicted octanol–water partition coefficient (Wildman–Crippen LogP) is 2.37. The molecule has 3 rings (SSSR count). The third-order valence-electron chi connectivity index (χ3n) is 4.21. The highest BCUT2D eigenvalue weighted by atomic mass is 35.5. The third-order valence-corrected chi connectivity index (χ3v) is 4.21. The zero-order valence-corrected chi connectivity index (χ0v) is 14.2. The summed E-state index contributed by atoms with van der Waals surface area (Å²) in [6.07, 6.45) is 4.73. The minimum absolute atomic E-state index is 0. The molecule has 1 atom stereocenters. The Balaban J connectivity index is 0.00000192. The largest absolute Gasteiger partial charge is 0.324 e. The summed E-state index contributed by atoms with van der Waals surface area (Å²) in [5.41, 5.74) is 1.22. The highest BCUT2D eigenvalue weighted by Gasteiger charge is 2.34. The van der Waals surface area contributed by atoms with Crippen molar-refractivity contribution >= 4 is 24.0 Å². The van der Waals surface area contributed by atoms with Gasteiger partial charge in [0.25, 0.3) is 0 Å². The van der Waals surface area contributed by atoms with Crippen molar-refractivity contribution in [3.63, 3.8) is 0 Å². The number of carbonyl (C=O) groups is 1. The molecule has 1 unspecified atom stereocenters. The molecule has 1 amide bonds. The van der Waals surface area contributed by atoms with Crippen LogP contribution in [0.1, 0.15) is 26.2 Å². The molecule has 23 heavy (non-hydrogen) atoms. The average molecular weight is 336 g/mol. The number of aromatic nitrogens is 3. The molecule has 0 bridgehead atoms. The Morgan fingerprint density at radius 3 is 2.87 bits per heavy atom. The minimum atomic E-state index is -0.487. The van der Waals surface area contributed by atoms with Crippen molar-refractivity contribution < 1.29 is 4.79 Å². The van der Waals surface area contributed by atoms with Crippen LogP contribution in [0, 0.1) is 0 Å². The van der Waals surface area contributed by atoms with Gasteiger partial charge in [-0.25, -0.2) is 0 Å². The van der Waals surface area contributed by atoms with Crippen LogP contribution in [0.25, 0.3) is 11.4 Å². The lowest BCUT2D eigenvalue weighted by Gasteiger charge is -2.33. The van der Waals surface area contributed by atoms with E-state index in [1.807, 2.05) is 42.8 Å². The Labute approximate surface area is 142 Å². The Morgan fingerprint density at radius 1 is 1.39 bits per heavy atom. The first-order valence-corrected chi connectivity index (χ1v) is 7.59. The Hall–Kier alpha value is -1.92. The molecule has 2 heterocycles. The fourth-order valence-electron chi connectivity index (χ4n) is 2.80. The fourth-order valence-corrected chi connectivity index (χ4v) is 2.80. The second-order valence-corrected chi connectivity index (χ2v) is 6.02. The molecular formula is C16H22ClN5O. The van der Waals surface area contributed by atoms with Gasteiger partial charge in [0.05, 0.1) is 5.54 Å². The molecule has 0 radical (unpaired) electrons. The Kier molecular flexibility index (Phi) is 5.38. The maximum absolute atomic E-state index is 12.5. The summed E-state index contributed by atoms with van der Waals surface area (Å²) >= 11 is 0. The molecule has 124 valence electrons. The molecule has 2 aromatic rings. The number of amides is 1. The molecule has 1 aromatic carbocycles. The Morgan fingerprint density at radius 2 is 2.22 bits per heavy atom. The van der Waals surface area contributed by atoms with Gasteiger partial charge in [-0.1, -0.05) is 12.1 Å². The number of hydrogen-bond donors (Lipinski definition) is 2. The SMILES string of the molecule is Cl.Cn1cnnc1-c1cccc(NC(=O)C2(C)CCCCN2)c1. The fraction of sp³-hybridized carbons (Fsp3) is 0.438. The van der Waals surface area contributed by atoms with E-state index in [0.717, 1.165) is 42.9 Å².